The van der Waals surface area contributed by atoms with E-state index in [1.54, 1.807) is 6.92 Å². The van der Waals surface area contributed by atoms with E-state index in [0.717, 1.165) is 6.42 Å². The summed E-state index contributed by atoms with van der Waals surface area (Å²) >= 11 is 0. The smallest absolute Gasteiger partial charge is 0.335 e. The Kier molecular flexibility index (Phi) is 7.02. The van der Waals surface area contributed by atoms with Crippen molar-refractivity contribution < 1.29 is 18.3 Å². The summed E-state index contributed by atoms with van der Waals surface area (Å²) in [6.45, 7) is 8.39. The van der Waals surface area contributed by atoms with Crippen molar-refractivity contribution in [3.8, 4) is 0 Å². The van der Waals surface area contributed by atoms with Gasteiger partial charge in [0.1, 0.15) is 4.90 Å². The molecular formula is C16H26N2O4S. The van der Waals surface area contributed by atoms with Gasteiger partial charge < -0.3 is 10.4 Å². The molecule has 0 aliphatic rings. The molecule has 23 heavy (non-hydrogen) atoms. The Hall–Kier alpha value is -1.60. The molecule has 1 aromatic carbocycles. The number of carboxylic acid groups (broad SMARTS) is 1. The maximum absolute atomic E-state index is 12.6. The monoisotopic (exact) mass is 342 g/mol. The summed E-state index contributed by atoms with van der Waals surface area (Å²) in [5.41, 5.74) is 0.364. The van der Waals surface area contributed by atoms with Crippen LogP contribution in [0, 0.1) is 5.92 Å². The quantitative estimate of drug-likeness (QED) is 0.641. The number of hydrogen-bond donors (Lipinski definition) is 3. The number of benzene rings is 1. The molecule has 6 nitrogen and oxygen atoms in total. The molecule has 0 aliphatic heterocycles. The van der Waals surface area contributed by atoms with Crippen LogP contribution < -0.4 is 10.0 Å². The molecular weight excluding hydrogens is 316 g/mol. The minimum atomic E-state index is -3.79. The van der Waals surface area contributed by atoms with E-state index in [4.69, 9.17) is 5.11 Å². The summed E-state index contributed by atoms with van der Waals surface area (Å²) in [4.78, 5) is 11.1. The van der Waals surface area contributed by atoms with Gasteiger partial charge in [-0.25, -0.2) is 17.9 Å². The van der Waals surface area contributed by atoms with Gasteiger partial charge in [0.05, 0.1) is 11.3 Å². The number of anilines is 1. The fraction of sp³-hybridized carbons (Fsp3) is 0.562. The van der Waals surface area contributed by atoms with E-state index in [1.165, 1.54) is 18.2 Å². The fourth-order valence-corrected chi connectivity index (χ4v) is 3.64. The lowest BCUT2D eigenvalue weighted by Gasteiger charge is -2.18. The number of aromatic carboxylic acids is 1. The molecule has 0 bridgehead atoms. The maximum atomic E-state index is 12.6. The van der Waals surface area contributed by atoms with E-state index in [9.17, 15) is 13.2 Å². The molecule has 1 rings (SSSR count). The highest BCUT2D eigenvalue weighted by molar-refractivity contribution is 7.89. The summed E-state index contributed by atoms with van der Waals surface area (Å²) in [7, 11) is -3.79. The normalized spacial score (nSPS) is 13.1. The average Bonchev–Trinajstić information content (AvgIpc) is 2.44. The Labute approximate surface area is 138 Å². The van der Waals surface area contributed by atoms with Crippen molar-refractivity contribution in [2.24, 2.45) is 5.92 Å². The van der Waals surface area contributed by atoms with Gasteiger partial charge in [-0.2, -0.15) is 0 Å². The third-order valence-corrected chi connectivity index (χ3v) is 4.93. The van der Waals surface area contributed by atoms with E-state index in [1.807, 2.05) is 20.8 Å². The molecule has 1 aromatic rings. The van der Waals surface area contributed by atoms with Crippen LogP contribution in [0.15, 0.2) is 23.1 Å². The van der Waals surface area contributed by atoms with Gasteiger partial charge in [0.2, 0.25) is 10.0 Å². The van der Waals surface area contributed by atoms with Crippen LogP contribution in [0.4, 0.5) is 5.69 Å². The van der Waals surface area contributed by atoms with Crippen LogP contribution in [0.2, 0.25) is 0 Å². The van der Waals surface area contributed by atoms with Crippen molar-refractivity contribution >= 4 is 21.7 Å². The number of rotatable bonds is 9. The molecule has 0 radical (unpaired) electrons. The molecule has 0 aromatic heterocycles. The van der Waals surface area contributed by atoms with Crippen molar-refractivity contribution in [1.29, 1.82) is 0 Å². The van der Waals surface area contributed by atoms with Crippen LogP contribution in [-0.2, 0) is 10.0 Å². The number of hydrogen-bond acceptors (Lipinski definition) is 4. The van der Waals surface area contributed by atoms with Gasteiger partial charge in [-0.05, 0) is 37.5 Å². The zero-order valence-electron chi connectivity index (χ0n) is 14.1. The Morgan fingerprint density at radius 3 is 2.43 bits per heavy atom. The van der Waals surface area contributed by atoms with E-state index in [2.05, 4.69) is 10.0 Å². The predicted octanol–water partition coefficient (Wildman–Crippen LogP) is 2.92. The molecule has 0 unspecified atom stereocenters. The molecule has 1 atom stereocenters. The van der Waals surface area contributed by atoms with Gasteiger partial charge in [-0.1, -0.05) is 27.2 Å². The first-order valence-electron chi connectivity index (χ1n) is 7.81. The van der Waals surface area contributed by atoms with E-state index in [-0.39, 0.29) is 16.5 Å². The molecule has 130 valence electrons. The molecule has 7 heteroatoms. The van der Waals surface area contributed by atoms with E-state index in [0.29, 0.717) is 24.6 Å². The highest BCUT2D eigenvalue weighted by atomic mass is 32.2. The van der Waals surface area contributed by atoms with Crippen molar-refractivity contribution in [2.45, 2.75) is 51.5 Å². The van der Waals surface area contributed by atoms with Crippen LogP contribution in [0.1, 0.15) is 50.9 Å². The summed E-state index contributed by atoms with van der Waals surface area (Å²) < 4.78 is 27.8. The summed E-state index contributed by atoms with van der Waals surface area (Å²) in [5.74, 6) is -0.824. The first-order chi connectivity index (χ1) is 10.7. The van der Waals surface area contributed by atoms with Crippen LogP contribution in [0.25, 0.3) is 0 Å². The second-order valence-corrected chi connectivity index (χ2v) is 7.78. The lowest BCUT2D eigenvalue weighted by molar-refractivity contribution is 0.0696. The number of carboxylic acids is 1. The zero-order valence-corrected chi connectivity index (χ0v) is 14.9. The number of carbonyl (C=O) groups is 1. The van der Waals surface area contributed by atoms with Crippen molar-refractivity contribution in [2.75, 3.05) is 11.9 Å². The van der Waals surface area contributed by atoms with Crippen LogP contribution in [0.5, 0.6) is 0 Å². The Balaban J connectivity index is 3.22. The number of nitrogens with one attached hydrogen (secondary N) is 2. The maximum Gasteiger partial charge on any atom is 0.335 e. The zero-order chi connectivity index (χ0) is 17.6. The van der Waals surface area contributed by atoms with E-state index < -0.39 is 16.0 Å². The predicted molar refractivity (Wildman–Crippen MR) is 91.4 cm³/mol. The second-order valence-electron chi connectivity index (χ2n) is 6.10. The molecule has 0 aliphatic carbocycles. The van der Waals surface area contributed by atoms with Crippen LogP contribution >= 0.6 is 0 Å². The molecule has 0 heterocycles. The SMILES string of the molecule is CCC[C@H](C)NS(=O)(=O)c1cc(C(=O)O)ccc1NCC(C)C. The lowest BCUT2D eigenvalue weighted by Crippen LogP contribution is -2.33. The third-order valence-electron chi connectivity index (χ3n) is 3.30. The Morgan fingerprint density at radius 2 is 1.91 bits per heavy atom. The van der Waals surface area contributed by atoms with Gasteiger partial charge in [0.25, 0.3) is 0 Å². The Morgan fingerprint density at radius 1 is 1.26 bits per heavy atom. The molecule has 0 saturated heterocycles. The summed E-state index contributed by atoms with van der Waals surface area (Å²) in [5, 5.41) is 12.2. The van der Waals surface area contributed by atoms with Crippen molar-refractivity contribution in [3.05, 3.63) is 23.8 Å². The number of sulfonamides is 1. The standard InChI is InChI=1S/C16H26N2O4S/c1-5-6-12(4)18-23(21,22)15-9-13(16(19)20)7-8-14(15)17-10-11(2)3/h7-9,11-12,17-18H,5-6,10H2,1-4H3,(H,19,20)/t12-/m0/s1. The van der Waals surface area contributed by atoms with Crippen LogP contribution in [0.3, 0.4) is 0 Å². The lowest BCUT2D eigenvalue weighted by atomic mass is 10.2. The first kappa shape index (κ1) is 19.4. The minimum Gasteiger partial charge on any atom is -0.478 e. The fourth-order valence-electron chi connectivity index (χ4n) is 2.16. The van der Waals surface area contributed by atoms with Gasteiger partial charge >= 0.3 is 5.97 Å². The van der Waals surface area contributed by atoms with Gasteiger partial charge in [-0.3, -0.25) is 0 Å². The third kappa shape index (κ3) is 5.84. The summed E-state index contributed by atoms with van der Waals surface area (Å²) in [6, 6.07) is 3.90. The molecule has 3 N–H and O–H groups in total. The molecule has 0 saturated carbocycles. The molecule has 0 amide bonds. The van der Waals surface area contributed by atoms with Crippen molar-refractivity contribution in [3.63, 3.8) is 0 Å². The van der Waals surface area contributed by atoms with E-state index >= 15 is 0 Å². The largest absolute Gasteiger partial charge is 0.478 e. The highest BCUT2D eigenvalue weighted by Gasteiger charge is 2.22. The van der Waals surface area contributed by atoms with Crippen molar-refractivity contribution in [1.82, 2.24) is 4.72 Å². The highest BCUT2D eigenvalue weighted by Crippen LogP contribution is 2.24. The molecule has 0 fully saturated rings. The average molecular weight is 342 g/mol. The minimum absolute atomic E-state index is 0.0268. The first-order valence-corrected chi connectivity index (χ1v) is 9.29. The second kappa shape index (κ2) is 8.31. The summed E-state index contributed by atoms with van der Waals surface area (Å²) in [6.07, 6.45) is 1.57. The Bertz CT molecular complexity index is 641. The van der Waals surface area contributed by atoms with Gasteiger partial charge in [-0.15, -0.1) is 0 Å². The molecule has 0 spiro atoms. The van der Waals surface area contributed by atoms with Gasteiger partial charge in [0.15, 0.2) is 0 Å². The van der Waals surface area contributed by atoms with Gasteiger partial charge in [0, 0.05) is 12.6 Å². The van der Waals surface area contributed by atoms with Crippen LogP contribution in [-0.4, -0.2) is 32.1 Å². The topological polar surface area (TPSA) is 95.5 Å².